The van der Waals surface area contributed by atoms with Crippen LogP contribution in [0.2, 0.25) is 0 Å². The second kappa shape index (κ2) is 15.4. The van der Waals surface area contributed by atoms with Gasteiger partial charge in [0.15, 0.2) is 0 Å². The van der Waals surface area contributed by atoms with E-state index in [4.69, 9.17) is 4.74 Å². The van der Waals surface area contributed by atoms with E-state index in [1.807, 2.05) is 60.7 Å². The summed E-state index contributed by atoms with van der Waals surface area (Å²) in [4.78, 5) is 48.3. The summed E-state index contributed by atoms with van der Waals surface area (Å²) in [6, 6.07) is 16.1. The fraction of sp³-hybridized carbons (Fsp3) is 0.429. The SMILES string of the molecule is CC(NC(=O)OCc1ccccc1)C(=O)N[C@@H](Cc1ccccc1)[C@@H](O)CCC(=O)NC([C]=O)C(C)C. The summed E-state index contributed by atoms with van der Waals surface area (Å²) >= 11 is 0. The van der Waals surface area contributed by atoms with Crippen LogP contribution in [0.3, 0.4) is 0 Å². The number of hydrogen-bond donors (Lipinski definition) is 4. The predicted octanol–water partition coefficient (Wildman–Crippen LogP) is 2.42. The smallest absolute Gasteiger partial charge is 0.408 e. The molecule has 0 heterocycles. The standard InChI is InChI=1S/C28H36N3O6/c1-19(2)24(17-32)30-26(34)15-14-25(33)23(16-21-10-6-4-7-11-21)31-27(35)20(3)29-28(36)37-18-22-12-8-5-9-13-22/h4-13,19-20,23-25,33H,14-16,18H2,1-3H3,(H,29,36)(H,30,34)(H,31,35)/t20?,23-,24?,25-/m0/s1. The third kappa shape index (κ3) is 10.8. The van der Waals surface area contributed by atoms with Crippen molar-refractivity contribution in [1.29, 1.82) is 0 Å². The number of amides is 3. The molecule has 2 aromatic carbocycles. The van der Waals surface area contributed by atoms with Gasteiger partial charge in [-0.05, 0) is 36.8 Å². The summed E-state index contributed by atoms with van der Waals surface area (Å²) in [5.74, 6) is -0.997. The molecule has 2 rings (SSSR count). The number of hydrogen-bond acceptors (Lipinski definition) is 6. The molecule has 0 spiro atoms. The number of ether oxygens (including phenoxy) is 1. The minimum Gasteiger partial charge on any atom is -0.445 e. The molecular weight excluding hydrogens is 474 g/mol. The van der Waals surface area contributed by atoms with E-state index in [0.717, 1.165) is 11.1 Å². The van der Waals surface area contributed by atoms with Gasteiger partial charge in [-0.15, -0.1) is 0 Å². The van der Waals surface area contributed by atoms with Gasteiger partial charge < -0.3 is 25.8 Å². The lowest BCUT2D eigenvalue weighted by atomic mass is 9.97. The van der Waals surface area contributed by atoms with E-state index in [1.54, 1.807) is 20.1 Å². The molecule has 2 aromatic rings. The number of rotatable bonds is 14. The largest absolute Gasteiger partial charge is 0.445 e. The summed E-state index contributed by atoms with van der Waals surface area (Å²) < 4.78 is 5.17. The van der Waals surface area contributed by atoms with E-state index in [0.29, 0.717) is 6.42 Å². The Morgan fingerprint density at radius 2 is 1.49 bits per heavy atom. The van der Waals surface area contributed by atoms with E-state index < -0.39 is 36.2 Å². The molecule has 0 aliphatic carbocycles. The number of aliphatic hydroxyl groups is 1. The normalized spacial score (nSPS) is 14.1. The maximum atomic E-state index is 12.8. The van der Waals surface area contributed by atoms with Gasteiger partial charge in [0.25, 0.3) is 0 Å². The number of alkyl carbamates (subject to hydrolysis) is 1. The van der Waals surface area contributed by atoms with Crippen LogP contribution in [0.25, 0.3) is 0 Å². The predicted molar refractivity (Wildman–Crippen MR) is 139 cm³/mol. The zero-order valence-corrected chi connectivity index (χ0v) is 21.5. The Bertz CT molecular complexity index is 999. The lowest BCUT2D eigenvalue weighted by Crippen LogP contribution is -2.52. The van der Waals surface area contributed by atoms with Crippen molar-refractivity contribution in [3.63, 3.8) is 0 Å². The van der Waals surface area contributed by atoms with Gasteiger partial charge in [-0.3, -0.25) is 14.4 Å². The van der Waals surface area contributed by atoms with Gasteiger partial charge in [0, 0.05) is 6.42 Å². The molecule has 199 valence electrons. The van der Waals surface area contributed by atoms with Crippen molar-refractivity contribution in [2.24, 2.45) is 5.92 Å². The first-order valence-corrected chi connectivity index (χ1v) is 12.4. The summed E-state index contributed by atoms with van der Waals surface area (Å²) in [5.41, 5.74) is 1.70. The second-order valence-electron chi connectivity index (χ2n) is 9.25. The van der Waals surface area contributed by atoms with Crippen molar-refractivity contribution in [2.45, 2.75) is 70.9 Å². The zero-order chi connectivity index (χ0) is 27.2. The third-order valence-electron chi connectivity index (χ3n) is 5.81. The van der Waals surface area contributed by atoms with Gasteiger partial charge in [-0.25, -0.2) is 4.79 Å². The number of benzene rings is 2. The van der Waals surface area contributed by atoms with Gasteiger partial charge in [0.05, 0.1) is 18.2 Å². The van der Waals surface area contributed by atoms with Crippen LogP contribution < -0.4 is 16.0 Å². The van der Waals surface area contributed by atoms with Crippen LogP contribution in [0.5, 0.6) is 0 Å². The molecule has 0 aliphatic rings. The molecular formula is C28H36N3O6. The average Bonchev–Trinajstić information content (AvgIpc) is 2.89. The fourth-order valence-electron chi connectivity index (χ4n) is 3.52. The van der Waals surface area contributed by atoms with Crippen molar-refractivity contribution in [1.82, 2.24) is 16.0 Å². The first kappa shape index (κ1) is 29.5. The summed E-state index contributed by atoms with van der Waals surface area (Å²) in [6.07, 6.45) is 0.355. The Balaban J connectivity index is 1.95. The molecule has 0 bridgehead atoms. The molecule has 0 saturated heterocycles. The minimum atomic E-state index is -1.05. The molecule has 2 unspecified atom stereocenters. The fourth-order valence-corrected chi connectivity index (χ4v) is 3.52. The number of carbonyl (C=O) groups is 3. The first-order chi connectivity index (χ1) is 17.7. The lowest BCUT2D eigenvalue weighted by Gasteiger charge is -2.26. The van der Waals surface area contributed by atoms with E-state index in [2.05, 4.69) is 16.0 Å². The van der Waals surface area contributed by atoms with E-state index >= 15 is 0 Å². The molecule has 4 N–H and O–H groups in total. The van der Waals surface area contributed by atoms with E-state index in [-0.39, 0.29) is 31.3 Å². The Labute approximate surface area is 218 Å². The van der Waals surface area contributed by atoms with Crippen LogP contribution in [-0.4, -0.2) is 53.5 Å². The highest BCUT2D eigenvalue weighted by Crippen LogP contribution is 2.11. The average molecular weight is 511 g/mol. The molecule has 0 aromatic heterocycles. The minimum absolute atomic E-state index is 0.0349. The van der Waals surface area contributed by atoms with Gasteiger partial charge in [-0.2, -0.15) is 0 Å². The van der Waals surface area contributed by atoms with Crippen molar-refractivity contribution in [2.75, 3.05) is 0 Å². The first-order valence-electron chi connectivity index (χ1n) is 12.4. The van der Waals surface area contributed by atoms with Crippen molar-refractivity contribution >= 4 is 24.2 Å². The number of nitrogens with one attached hydrogen (secondary N) is 3. The molecule has 0 fully saturated rings. The third-order valence-corrected chi connectivity index (χ3v) is 5.81. The van der Waals surface area contributed by atoms with Gasteiger partial charge in [-0.1, -0.05) is 74.5 Å². The second-order valence-corrected chi connectivity index (χ2v) is 9.25. The summed E-state index contributed by atoms with van der Waals surface area (Å²) in [7, 11) is 0. The van der Waals surface area contributed by atoms with Gasteiger partial charge in [0.1, 0.15) is 12.6 Å². The molecule has 37 heavy (non-hydrogen) atoms. The quantitative estimate of drug-likeness (QED) is 0.308. The van der Waals surface area contributed by atoms with Crippen LogP contribution in [0.1, 0.15) is 44.7 Å². The van der Waals surface area contributed by atoms with Crippen LogP contribution in [0.15, 0.2) is 60.7 Å². The van der Waals surface area contributed by atoms with Crippen molar-refractivity contribution in [3.05, 3.63) is 71.8 Å². The van der Waals surface area contributed by atoms with Crippen molar-refractivity contribution in [3.8, 4) is 0 Å². The Hall–Kier alpha value is -3.72. The van der Waals surface area contributed by atoms with Crippen molar-refractivity contribution < 1.29 is 29.0 Å². The molecule has 1 radical (unpaired) electrons. The van der Waals surface area contributed by atoms with E-state index in [1.165, 1.54) is 6.92 Å². The summed E-state index contributed by atoms with van der Waals surface area (Å²) in [5, 5.41) is 18.7. The van der Waals surface area contributed by atoms with E-state index in [9.17, 15) is 24.3 Å². The molecule has 3 amide bonds. The Morgan fingerprint density at radius 1 is 0.892 bits per heavy atom. The molecule has 9 heteroatoms. The van der Waals surface area contributed by atoms with Crippen LogP contribution >= 0.6 is 0 Å². The lowest BCUT2D eigenvalue weighted by molar-refractivity contribution is -0.124. The molecule has 0 saturated carbocycles. The monoisotopic (exact) mass is 510 g/mol. The zero-order valence-electron chi connectivity index (χ0n) is 21.5. The van der Waals surface area contributed by atoms with Crippen LogP contribution in [0.4, 0.5) is 4.79 Å². The number of aliphatic hydroxyl groups excluding tert-OH is 1. The van der Waals surface area contributed by atoms with Crippen LogP contribution in [0, 0.1) is 5.92 Å². The molecule has 0 aliphatic heterocycles. The highest BCUT2D eigenvalue weighted by molar-refractivity contribution is 5.85. The highest BCUT2D eigenvalue weighted by Gasteiger charge is 2.26. The van der Waals surface area contributed by atoms with Gasteiger partial charge in [0.2, 0.25) is 18.1 Å². The Kier molecular flexibility index (Phi) is 12.3. The van der Waals surface area contributed by atoms with Crippen LogP contribution in [-0.2, 0) is 32.1 Å². The molecule has 9 nitrogen and oxygen atoms in total. The number of carbonyl (C=O) groups excluding carboxylic acids is 4. The van der Waals surface area contributed by atoms with Gasteiger partial charge >= 0.3 is 6.09 Å². The Morgan fingerprint density at radius 3 is 2.05 bits per heavy atom. The summed E-state index contributed by atoms with van der Waals surface area (Å²) in [6.45, 7) is 5.17. The highest BCUT2D eigenvalue weighted by atomic mass is 16.5. The maximum absolute atomic E-state index is 12.8. The maximum Gasteiger partial charge on any atom is 0.408 e. The topological polar surface area (TPSA) is 134 Å². The molecule has 4 atom stereocenters.